The minimum Gasteiger partial charge on any atom is -0.325 e. The second-order valence-electron chi connectivity index (χ2n) is 4.99. The number of rotatable bonds is 3. The van der Waals surface area contributed by atoms with Gasteiger partial charge in [-0.1, -0.05) is 19.3 Å². The number of aryl methyl sites for hydroxylation is 1. The van der Waals surface area contributed by atoms with Crippen LogP contribution in [0.25, 0.3) is 0 Å². The number of nitrogens with two attached hydrogens (primary N) is 1. The van der Waals surface area contributed by atoms with E-state index in [9.17, 15) is 4.79 Å². The molecule has 1 heterocycles. The molecule has 1 saturated carbocycles. The first-order chi connectivity index (χ1) is 8.02. The van der Waals surface area contributed by atoms with Crippen molar-refractivity contribution >= 4 is 21.7 Å². The molecule has 0 atom stereocenters. The summed E-state index contributed by atoms with van der Waals surface area (Å²) >= 11 is 3.36. The summed E-state index contributed by atoms with van der Waals surface area (Å²) in [7, 11) is 1.78. The zero-order valence-electron chi connectivity index (χ0n) is 10.1. The van der Waals surface area contributed by atoms with E-state index < -0.39 is 0 Å². The van der Waals surface area contributed by atoms with Crippen LogP contribution >= 0.6 is 15.9 Å². The molecule has 2 rings (SSSR count). The molecule has 1 fully saturated rings. The predicted molar refractivity (Wildman–Crippen MR) is 69.9 cm³/mol. The Bertz CT molecular complexity index is 402. The second kappa shape index (κ2) is 4.90. The molecule has 0 spiro atoms. The van der Waals surface area contributed by atoms with Gasteiger partial charge in [0, 0.05) is 19.0 Å². The molecule has 5 heteroatoms. The lowest BCUT2D eigenvalue weighted by Gasteiger charge is -2.32. The van der Waals surface area contributed by atoms with Gasteiger partial charge in [-0.05, 0) is 28.8 Å². The number of hydrogen-bond donors (Lipinski definition) is 1. The fourth-order valence-electron chi connectivity index (χ4n) is 2.56. The van der Waals surface area contributed by atoms with Crippen molar-refractivity contribution in [2.45, 2.75) is 44.1 Å². The van der Waals surface area contributed by atoms with E-state index in [1.165, 1.54) is 6.42 Å². The van der Waals surface area contributed by atoms with Gasteiger partial charge in [-0.3, -0.25) is 9.48 Å². The van der Waals surface area contributed by atoms with Crippen LogP contribution in [0.15, 0.2) is 10.7 Å². The van der Waals surface area contributed by atoms with Gasteiger partial charge in [0.1, 0.15) is 5.69 Å². The van der Waals surface area contributed by atoms with Crippen molar-refractivity contribution in [1.82, 2.24) is 9.78 Å². The summed E-state index contributed by atoms with van der Waals surface area (Å²) in [6, 6.07) is 0. The number of carbonyl (C=O) groups excluding carboxylic acids is 1. The third-order valence-electron chi connectivity index (χ3n) is 3.52. The molecule has 94 valence electrons. The maximum atomic E-state index is 12.3. The minimum atomic E-state index is -0.307. The van der Waals surface area contributed by atoms with Crippen molar-refractivity contribution in [2.24, 2.45) is 12.8 Å². The molecule has 0 radical (unpaired) electrons. The highest BCUT2D eigenvalue weighted by Gasteiger charge is 2.31. The minimum absolute atomic E-state index is 0.0845. The number of ketones is 1. The zero-order valence-corrected chi connectivity index (χ0v) is 11.7. The van der Waals surface area contributed by atoms with E-state index in [2.05, 4.69) is 21.0 Å². The Kier molecular flexibility index (Phi) is 3.68. The molecule has 0 amide bonds. The number of Topliss-reactive ketones (excluding diaryl/α,β-unsaturated/α-hetero) is 1. The summed E-state index contributed by atoms with van der Waals surface area (Å²) in [4.78, 5) is 12.3. The zero-order chi connectivity index (χ0) is 12.5. The molecule has 0 aliphatic heterocycles. The largest absolute Gasteiger partial charge is 0.325 e. The van der Waals surface area contributed by atoms with Crippen LogP contribution < -0.4 is 5.73 Å². The first-order valence-electron chi connectivity index (χ1n) is 6.01. The number of aromatic nitrogens is 2. The van der Waals surface area contributed by atoms with Gasteiger partial charge in [0.25, 0.3) is 0 Å². The highest BCUT2D eigenvalue weighted by molar-refractivity contribution is 9.10. The lowest BCUT2D eigenvalue weighted by molar-refractivity contribution is 0.0924. The van der Waals surface area contributed by atoms with Crippen LogP contribution in [0.3, 0.4) is 0 Å². The van der Waals surface area contributed by atoms with E-state index in [1.807, 2.05) is 0 Å². The summed E-state index contributed by atoms with van der Waals surface area (Å²) in [6.45, 7) is 0. The van der Waals surface area contributed by atoms with Gasteiger partial charge in [-0.2, -0.15) is 5.10 Å². The average molecular weight is 300 g/mol. The Hall–Kier alpha value is -0.680. The van der Waals surface area contributed by atoms with E-state index in [0.29, 0.717) is 12.1 Å². The molecule has 2 N–H and O–H groups in total. The van der Waals surface area contributed by atoms with Gasteiger partial charge in [0.15, 0.2) is 5.78 Å². The van der Waals surface area contributed by atoms with E-state index >= 15 is 0 Å². The van der Waals surface area contributed by atoms with Gasteiger partial charge in [-0.15, -0.1) is 0 Å². The van der Waals surface area contributed by atoms with Crippen LogP contribution in [0.2, 0.25) is 0 Å². The van der Waals surface area contributed by atoms with Gasteiger partial charge in [0.05, 0.1) is 10.7 Å². The van der Waals surface area contributed by atoms with Crippen molar-refractivity contribution in [3.8, 4) is 0 Å². The standard InChI is InChI=1S/C12H18BrN3O/c1-16-11(9(13)8-15-16)10(17)7-12(14)5-3-2-4-6-12/h8H,2-7,14H2,1H3. The van der Waals surface area contributed by atoms with Crippen LogP contribution in [0, 0.1) is 0 Å². The number of halogens is 1. The highest BCUT2D eigenvalue weighted by atomic mass is 79.9. The van der Waals surface area contributed by atoms with Crippen LogP contribution in [0.4, 0.5) is 0 Å². The first-order valence-corrected chi connectivity index (χ1v) is 6.81. The maximum absolute atomic E-state index is 12.3. The normalized spacial score (nSPS) is 19.2. The Morgan fingerprint density at radius 2 is 2.18 bits per heavy atom. The van der Waals surface area contributed by atoms with Crippen LogP contribution in [0.1, 0.15) is 49.0 Å². The average Bonchev–Trinajstić information content (AvgIpc) is 2.58. The molecular weight excluding hydrogens is 282 g/mol. The van der Waals surface area contributed by atoms with Gasteiger partial charge in [-0.25, -0.2) is 0 Å². The van der Waals surface area contributed by atoms with Crippen molar-refractivity contribution < 1.29 is 4.79 Å². The summed E-state index contributed by atoms with van der Waals surface area (Å²) in [5.41, 5.74) is 6.62. The van der Waals surface area contributed by atoms with Crippen molar-refractivity contribution in [1.29, 1.82) is 0 Å². The first kappa shape index (κ1) is 12.8. The number of hydrogen-bond acceptors (Lipinski definition) is 3. The topological polar surface area (TPSA) is 60.9 Å². The Balaban J connectivity index is 2.11. The van der Waals surface area contributed by atoms with Gasteiger partial charge < -0.3 is 5.73 Å². The molecule has 1 aromatic heterocycles. The van der Waals surface area contributed by atoms with Crippen LogP contribution in [0.5, 0.6) is 0 Å². The Labute approximate surface area is 110 Å². The maximum Gasteiger partial charge on any atom is 0.183 e. The molecule has 0 bridgehead atoms. The molecule has 0 unspecified atom stereocenters. The molecular formula is C12H18BrN3O. The summed E-state index contributed by atoms with van der Waals surface area (Å²) in [5.74, 6) is 0.0845. The van der Waals surface area contributed by atoms with E-state index in [1.54, 1.807) is 17.9 Å². The molecule has 4 nitrogen and oxygen atoms in total. The lowest BCUT2D eigenvalue weighted by atomic mass is 9.79. The fourth-order valence-corrected chi connectivity index (χ4v) is 3.13. The molecule has 0 saturated heterocycles. The molecule has 17 heavy (non-hydrogen) atoms. The predicted octanol–water partition coefficient (Wildman–Crippen LogP) is 2.42. The summed E-state index contributed by atoms with van der Waals surface area (Å²) < 4.78 is 2.36. The molecule has 1 aliphatic carbocycles. The highest BCUT2D eigenvalue weighted by Crippen LogP contribution is 2.30. The fraction of sp³-hybridized carbons (Fsp3) is 0.667. The van der Waals surface area contributed by atoms with Crippen LogP contribution in [-0.4, -0.2) is 21.1 Å². The quantitative estimate of drug-likeness (QED) is 0.872. The van der Waals surface area contributed by atoms with Crippen LogP contribution in [-0.2, 0) is 7.05 Å². The monoisotopic (exact) mass is 299 g/mol. The third kappa shape index (κ3) is 2.77. The van der Waals surface area contributed by atoms with Crippen molar-refractivity contribution in [3.05, 3.63) is 16.4 Å². The van der Waals surface area contributed by atoms with E-state index in [-0.39, 0.29) is 11.3 Å². The number of carbonyl (C=O) groups is 1. The Morgan fingerprint density at radius 3 is 2.71 bits per heavy atom. The van der Waals surface area contributed by atoms with Gasteiger partial charge >= 0.3 is 0 Å². The second-order valence-corrected chi connectivity index (χ2v) is 5.84. The summed E-state index contributed by atoms with van der Waals surface area (Å²) in [6.07, 6.45) is 7.49. The SMILES string of the molecule is Cn1ncc(Br)c1C(=O)CC1(N)CCCCC1. The third-order valence-corrected chi connectivity index (χ3v) is 4.10. The molecule has 0 aromatic carbocycles. The molecule has 1 aromatic rings. The van der Waals surface area contributed by atoms with Crippen molar-refractivity contribution in [3.63, 3.8) is 0 Å². The Morgan fingerprint density at radius 1 is 1.53 bits per heavy atom. The van der Waals surface area contributed by atoms with E-state index in [4.69, 9.17) is 5.73 Å². The smallest absolute Gasteiger partial charge is 0.183 e. The molecule has 1 aliphatic rings. The number of nitrogens with zero attached hydrogens (tertiary/aromatic N) is 2. The van der Waals surface area contributed by atoms with Gasteiger partial charge in [0.2, 0.25) is 0 Å². The summed E-state index contributed by atoms with van der Waals surface area (Å²) in [5, 5.41) is 4.06. The van der Waals surface area contributed by atoms with Crippen molar-refractivity contribution in [2.75, 3.05) is 0 Å². The van der Waals surface area contributed by atoms with E-state index in [0.717, 1.165) is 30.2 Å². The lowest BCUT2D eigenvalue weighted by Crippen LogP contribution is -2.43.